The SMILES string of the molecule is OCC=CCNc1ccc(F)cc1. The van der Waals surface area contributed by atoms with Crippen LogP contribution in [-0.4, -0.2) is 18.3 Å². The summed E-state index contributed by atoms with van der Waals surface area (Å²) < 4.78 is 12.5. The van der Waals surface area contributed by atoms with Crippen LogP contribution in [0.3, 0.4) is 0 Å². The quantitative estimate of drug-likeness (QED) is 0.694. The molecule has 0 saturated carbocycles. The first-order valence-corrected chi connectivity index (χ1v) is 4.08. The van der Waals surface area contributed by atoms with Crippen molar-refractivity contribution in [3.63, 3.8) is 0 Å². The molecule has 1 rings (SSSR count). The molecule has 0 spiro atoms. The van der Waals surface area contributed by atoms with E-state index in [2.05, 4.69) is 5.32 Å². The summed E-state index contributed by atoms with van der Waals surface area (Å²) in [5.74, 6) is -0.239. The molecule has 0 saturated heterocycles. The zero-order valence-electron chi connectivity index (χ0n) is 7.20. The second-order valence-corrected chi connectivity index (χ2v) is 2.54. The Morgan fingerprint density at radius 1 is 1.23 bits per heavy atom. The van der Waals surface area contributed by atoms with Crippen LogP contribution in [0, 0.1) is 5.82 Å². The Kier molecular flexibility index (Phi) is 3.99. The Balaban J connectivity index is 2.37. The number of benzene rings is 1. The zero-order chi connectivity index (χ0) is 9.52. The van der Waals surface area contributed by atoms with E-state index in [9.17, 15) is 4.39 Å². The summed E-state index contributed by atoms with van der Waals surface area (Å²) in [6.45, 7) is 0.678. The van der Waals surface area contributed by atoms with Crippen LogP contribution in [0.1, 0.15) is 0 Å². The van der Waals surface area contributed by atoms with Gasteiger partial charge < -0.3 is 10.4 Å². The Hall–Kier alpha value is -1.35. The molecule has 0 heterocycles. The van der Waals surface area contributed by atoms with Gasteiger partial charge in [-0.05, 0) is 24.3 Å². The van der Waals surface area contributed by atoms with E-state index in [1.165, 1.54) is 12.1 Å². The Morgan fingerprint density at radius 3 is 2.54 bits per heavy atom. The van der Waals surface area contributed by atoms with Gasteiger partial charge in [-0.2, -0.15) is 0 Å². The summed E-state index contributed by atoms with van der Waals surface area (Å²) in [4.78, 5) is 0. The van der Waals surface area contributed by atoms with E-state index in [1.807, 2.05) is 6.08 Å². The lowest BCUT2D eigenvalue weighted by atomic mass is 10.3. The smallest absolute Gasteiger partial charge is 0.123 e. The molecule has 70 valence electrons. The Labute approximate surface area is 76.7 Å². The van der Waals surface area contributed by atoms with Gasteiger partial charge in [-0.15, -0.1) is 0 Å². The predicted octanol–water partition coefficient (Wildman–Crippen LogP) is 1.79. The lowest BCUT2D eigenvalue weighted by Crippen LogP contribution is -1.97. The maximum absolute atomic E-state index is 12.5. The third kappa shape index (κ3) is 3.71. The lowest BCUT2D eigenvalue weighted by molar-refractivity contribution is 0.342. The lowest BCUT2D eigenvalue weighted by Gasteiger charge is -2.01. The molecule has 2 nitrogen and oxygen atoms in total. The fraction of sp³-hybridized carbons (Fsp3) is 0.200. The van der Waals surface area contributed by atoms with Crippen molar-refractivity contribution in [2.24, 2.45) is 0 Å². The summed E-state index contributed by atoms with van der Waals surface area (Å²) in [6.07, 6.45) is 3.46. The molecule has 2 N–H and O–H groups in total. The van der Waals surface area contributed by atoms with Crippen molar-refractivity contribution >= 4 is 5.69 Å². The zero-order valence-corrected chi connectivity index (χ0v) is 7.20. The van der Waals surface area contributed by atoms with Gasteiger partial charge in [0.1, 0.15) is 5.82 Å². The molecular formula is C10H12FNO. The second-order valence-electron chi connectivity index (χ2n) is 2.54. The van der Waals surface area contributed by atoms with Crippen LogP contribution in [0.5, 0.6) is 0 Å². The highest BCUT2D eigenvalue weighted by atomic mass is 19.1. The van der Waals surface area contributed by atoms with Crippen molar-refractivity contribution in [3.8, 4) is 0 Å². The van der Waals surface area contributed by atoms with E-state index < -0.39 is 0 Å². The number of anilines is 1. The van der Waals surface area contributed by atoms with Crippen molar-refractivity contribution < 1.29 is 9.50 Å². The van der Waals surface area contributed by atoms with Gasteiger partial charge >= 0.3 is 0 Å². The highest BCUT2D eigenvalue weighted by molar-refractivity contribution is 5.43. The Bertz CT molecular complexity index is 269. The fourth-order valence-electron chi connectivity index (χ4n) is 0.902. The molecule has 0 radical (unpaired) electrons. The largest absolute Gasteiger partial charge is 0.392 e. The van der Waals surface area contributed by atoms with Crippen molar-refractivity contribution in [1.82, 2.24) is 0 Å². The van der Waals surface area contributed by atoms with Gasteiger partial charge in [0.05, 0.1) is 6.61 Å². The number of aliphatic hydroxyl groups excluding tert-OH is 1. The topological polar surface area (TPSA) is 32.3 Å². The van der Waals surface area contributed by atoms with Gasteiger partial charge in [0, 0.05) is 12.2 Å². The molecule has 0 aliphatic heterocycles. The van der Waals surface area contributed by atoms with Gasteiger partial charge in [-0.3, -0.25) is 0 Å². The Morgan fingerprint density at radius 2 is 1.92 bits per heavy atom. The van der Waals surface area contributed by atoms with Crippen LogP contribution in [0.25, 0.3) is 0 Å². The number of rotatable bonds is 4. The maximum atomic E-state index is 12.5. The van der Waals surface area contributed by atoms with E-state index in [4.69, 9.17) is 5.11 Å². The van der Waals surface area contributed by atoms with E-state index >= 15 is 0 Å². The highest BCUT2D eigenvalue weighted by Crippen LogP contribution is 2.07. The van der Waals surface area contributed by atoms with Gasteiger partial charge in [0.25, 0.3) is 0 Å². The van der Waals surface area contributed by atoms with E-state index in [-0.39, 0.29) is 12.4 Å². The molecular weight excluding hydrogens is 169 g/mol. The first kappa shape index (κ1) is 9.74. The highest BCUT2D eigenvalue weighted by Gasteiger charge is 1.89. The molecule has 0 fully saturated rings. The van der Waals surface area contributed by atoms with Crippen molar-refractivity contribution in [1.29, 1.82) is 0 Å². The third-order valence-electron chi connectivity index (χ3n) is 1.54. The van der Waals surface area contributed by atoms with Crippen LogP contribution < -0.4 is 5.32 Å². The summed E-state index contributed by atoms with van der Waals surface area (Å²) >= 11 is 0. The molecule has 1 aromatic rings. The number of hydrogen-bond acceptors (Lipinski definition) is 2. The summed E-state index contributed by atoms with van der Waals surface area (Å²) in [5, 5.41) is 11.5. The average Bonchev–Trinajstić information content (AvgIpc) is 2.15. The molecule has 0 unspecified atom stereocenters. The predicted molar refractivity (Wildman–Crippen MR) is 51.1 cm³/mol. The average molecular weight is 181 g/mol. The number of aliphatic hydroxyl groups is 1. The molecule has 0 atom stereocenters. The van der Waals surface area contributed by atoms with Crippen molar-refractivity contribution in [2.75, 3.05) is 18.5 Å². The van der Waals surface area contributed by atoms with Crippen LogP contribution >= 0.6 is 0 Å². The second kappa shape index (κ2) is 5.32. The third-order valence-corrected chi connectivity index (χ3v) is 1.54. The minimum Gasteiger partial charge on any atom is -0.392 e. The van der Waals surface area contributed by atoms with Crippen molar-refractivity contribution in [3.05, 3.63) is 42.2 Å². The minimum atomic E-state index is -0.239. The fourth-order valence-corrected chi connectivity index (χ4v) is 0.902. The summed E-state index contributed by atoms with van der Waals surface area (Å²) in [7, 11) is 0. The molecule has 0 aliphatic carbocycles. The van der Waals surface area contributed by atoms with Crippen LogP contribution in [0.4, 0.5) is 10.1 Å². The first-order valence-electron chi connectivity index (χ1n) is 4.08. The maximum Gasteiger partial charge on any atom is 0.123 e. The molecule has 0 amide bonds. The van der Waals surface area contributed by atoms with E-state index in [0.717, 1.165) is 5.69 Å². The normalized spacial score (nSPS) is 10.6. The van der Waals surface area contributed by atoms with Gasteiger partial charge in [0.2, 0.25) is 0 Å². The molecule has 13 heavy (non-hydrogen) atoms. The van der Waals surface area contributed by atoms with Gasteiger partial charge in [-0.25, -0.2) is 4.39 Å². The minimum absolute atomic E-state index is 0.0467. The van der Waals surface area contributed by atoms with Crippen LogP contribution in [0.15, 0.2) is 36.4 Å². The number of nitrogens with one attached hydrogen (secondary N) is 1. The van der Waals surface area contributed by atoms with Gasteiger partial charge in [-0.1, -0.05) is 12.2 Å². The van der Waals surface area contributed by atoms with Gasteiger partial charge in [0.15, 0.2) is 0 Å². The van der Waals surface area contributed by atoms with E-state index in [1.54, 1.807) is 18.2 Å². The number of hydrogen-bond donors (Lipinski definition) is 2. The molecule has 1 aromatic carbocycles. The van der Waals surface area contributed by atoms with E-state index in [0.29, 0.717) is 6.54 Å². The number of halogens is 1. The first-order chi connectivity index (χ1) is 6.33. The molecule has 3 heteroatoms. The standard InChI is InChI=1S/C10H12FNO/c11-9-3-5-10(6-4-9)12-7-1-2-8-13/h1-6,12-13H,7-8H2. The monoisotopic (exact) mass is 181 g/mol. The molecule has 0 aliphatic rings. The molecule has 0 bridgehead atoms. The molecule has 0 aromatic heterocycles. The van der Waals surface area contributed by atoms with Crippen LogP contribution in [0.2, 0.25) is 0 Å². The van der Waals surface area contributed by atoms with Crippen LogP contribution in [-0.2, 0) is 0 Å². The summed E-state index contributed by atoms with van der Waals surface area (Å²) in [6, 6.07) is 6.14. The van der Waals surface area contributed by atoms with Crippen molar-refractivity contribution in [2.45, 2.75) is 0 Å². The summed E-state index contributed by atoms with van der Waals surface area (Å²) in [5.41, 5.74) is 0.865.